The van der Waals surface area contributed by atoms with Crippen molar-refractivity contribution in [2.45, 2.75) is 32.3 Å². The number of ether oxygens (including phenoxy) is 1. The summed E-state index contributed by atoms with van der Waals surface area (Å²) in [4.78, 5) is 14.9. The molecular weight excluding hydrogens is 188 g/mol. The fourth-order valence-corrected chi connectivity index (χ4v) is 1.32. The van der Waals surface area contributed by atoms with Gasteiger partial charge in [-0.25, -0.2) is 10.1 Å². The van der Waals surface area contributed by atoms with Crippen molar-refractivity contribution < 1.29 is 24.7 Å². The van der Waals surface area contributed by atoms with Crippen LogP contribution >= 0.6 is 0 Å². The zero-order valence-electron chi connectivity index (χ0n) is 8.06. The molecule has 0 bridgehead atoms. The first kappa shape index (κ1) is 11.2. The van der Waals surface area contributed by atoms with Gasteiger partial charge in [-0.05, 0) is 31.2 Å². The normalized spacial score (nSPS) is 22.4. The lowest BCUT2D eigenvalue weighted by atomic mass is 10.1. The maximum atomic E-state index is 10.9. The number of hydrogen-bond acceptors (Lipinski definition) is 5. The summed E-state index contributed by atoms with van der Waals surface area (Å²) in [7, 11) is 0. The molecule has 0 aromatic heterocycles. The van der Waals surface area contributed by atoms with Gasteiger partial charge in [-0.15, -0.1) is 0 Å². The minimum absolute atomic E-state index is 0.202. The van der Waals surface area contributed by atoms with Crippen molar-refractivity contribution in [2.75, 3.05) is 6.61 Å². The van der Waals surface area contributed by atoms with E-state index in [0.29, 0.717) is 12.0 Å². The molecule has 1 unspecified atom stereocenters. The Morgan fingerprint density at radius 2 is 2.50 bits per heavy atom. The molecule has 0 aliphatic carbocycles. The van der Waals surface area contributed by atoms with E-state index in [0.717, 1.165) is 19.4 Å². The van der Waals surface area contributed by atoms with Crippen molar-refractivity contribution >= 4 is 5.97 Å². The van der Waals surface area contributed by atoms with Crippen molar-refractivity contribution in [2.24, 2.45) is 0 Å². The lowest BCUT2D eigenvalue weighted by molar-refractivity contribution is -0.460. The average Bonchev–Trinajstić information content (AvgIpc) is 2.67. The summed E-state index contributed by atoms with van der Waals surface area (Å²) in [5.74, 6) is -0.689. The molecule has 1 aliphatic heterocycles. The van der Waals surface area contributed by atoms with Gasteiger partial charge in [0.1, 0.15) is 0 Å². The third-order valence-electron chi connectivity index (χ3n) is 2.15. The van der Waals surface area contributed by atoms with Crippen LogP contribution in [-0.2, 0) is 19.5 Å². The predicted octanol–water partition coefficient (Wildman–Crippen LogP) is 1.45. The molecule has 0 saturated carbocycles. The van der Waals surface area contributed by atoms with Crippen LogP contribution in [-0.4, -0.2) is 23.9 Å². The van der Waals surface area contributed by atoms with Crippen molar-refractivity contribution in [1.82, 2.24) is 0 Å². The van der Waals surface area contributed by atoms with Crippen LogP contribution in [0.25, 0.3) is 0 Å². The van der Waals surface area contributed by atoms with E-state index in [1.165, 1.54) is 0 Å². The first-order valence-electron chi connectivity index (χ1n) is 4.55. The Morgan fingerprint density at radius 1 is 1.71 bits per heavy atom. The van der Waals surface area contributed by atoms with E-state index in [1.807, 2.05) is 0 Å². The molecule has 1 heterocycles. The lowest BCUT2D eigenvalue weighted by Gasteiger charge is -2.05. The monoisotopic (exact) mass is 202 g/mol. The predicted molar refractivity (Wildman–Crippen MR) is 47.2 cm³/mol. The highest BCUT2D eigenvalue weighted by Gasteiger charge is 2.15. The zero-order chi connectivity index (χ0) is 10.4. The number of rotatable bonds is 4. The Labute approximate surface area is 82.1 Å². The van der Waals surface area contributed by atoms with Crippen LogP contribution in [0.1, 0.15) is 26.2 Å². The van der Waals surface area contributed by atoms with Crippen molar-refractivity contribution in [3.63, 3.8) is 0 Å². The van der Waals surface area contributed by atoms with Gasteiger partial charge < -0.3 is 4.74 Å². The molecule has 14 heavy (non-hydrogen) atoms. The van der Waals surface area contributed by atoms with Gasteiger partial charge in [-0.1, -0.05) is 6.08 Å². The van der Waals surface area contributed by atoms with Gasteiger partial charge in [-0.3, -0.25) is 4.89 Å². The summed E-state index contributed by atoms with van der Waals surface area (Å²) in [6.45, 7) is 2.39. The molecule has 1 saturated heterocycles. The number of carbonyl (C=O) groups is 1. The topological polar surface area (TPSA) is 65.0 Å². The van der Waals surface area contributed by atoms with Gasteiger partial charge >= 0.3 is 5.97 Å². The summed E-state index contributed by atoms with van der Waals surface area (Å²) in [6.07, 6.45) is 4.70. The number of hydrogen-bond donors (Lipinski definition) is 1. The highest BCUT2D eigenvalue weighted by atomic mass is 17.5. The minimum Gasteiger partial charge on any atom is -0.378 e. The fraction of sp³-hybridized carbons (Fsp3) is 0.667. The van der Waals surface area contributed by atoms with Gasteiger partial charge in [-0.2, -0.15) is 0 Å². The summed E-state index contributed by atoms with van der Waals surface area (Å²) >= 11 is 0. The van der Waals surface area contributed by atoms with Gasteiger partial charge in [0.05, 0.1) is 6.10 Å². The molecule has 0 aromatic carbocycles. The highest BCUT2D eigenvalue weighted by Crippen LogP contribution is 2.16. The van der Waals surface area contributed by atoms with Crippen LogP contribution < -0.4 is 0 Å². The van der Waals surface area contributed by atoms with E-state index in [2.05, 4.69) is 9.93 Å². The van der Waals surface area contributed by atoms with Gasteiger partial charge in [0.15, 0.2) is 0 Å². The molecule has 0 radical (unpaired) electrons. The van der Waals surface area contributed by atoms with E-state index in [1.54, 1.807) is 13.0 Å². The largest absolute Gasteiger partial charge is 0.378 e. The minimum atomic E-state index is -0.689. The second kappa shape index (κ2) is 5.74. The molecule has 1 aliphatic rings. The van der Waals surface area contributed by atoms with E-state index in [-0.39, 0.29) is 6.10 Å². The Bertz CT molecular complexity index is 217. The molecule has 80 valence electrons. The Kier molecular flexibility index (Phi) is 4.58. The quantitative estimate of drug-likeness (QED) is 0.424. The molecule has 0 aromatic rings. The smallest absolute Gasteiger partial charge is 0.371 e. The van der Waals surface area contributed by atoms with Crippen molar-refractivity contribution in [1.29, 1.82) is 0 Å². The van der Waals surface area contributed by atoms with Gasteiger partial charge in [0, 0.05) is 12.2 Å². The fourth-order valence-electron chi connectivity index (χ4n) is 1.32. The molecule has 1 N–H and O–H groups in total. The molecule has 1 atom stereocenters. The van der Waals surface area contributed by atoms with Crippen LogP contribution in [0.5, 0.6) is 0 Å². The van der Waals surface area contributed by atoms with Crippen molar-refractivity contribution in [3.8, 4) is 0 Å². The van der Waals surface area contributed by atoms with Crippen molar-refractivity contribution in [3.05, 3.63) is 11.6 Å². The van der Waals surface area contributed by atoms with E-state index >= 15 is 0 Å². The van der Waals surface area contributed by atoms with Crippen LogP contribution in [0, 0.1) is 0 Å². The second-order valence-electron chi connectivity index (χ2n) is 3.20. The molecule has 5 nitrogen and oxygen atoms in total. The molecular formula is C9H14O5. The molecule has 1 fully saturated rings. The van der Waals surface area contributed by atoms with Gasteiger partial charge in [0.2, 0.25) is 0 Å². The first-order chi connectivity index (χ1) is 6.74. The third-order valence-corrected chi connectivity index (χ3v) is 2.15. The molecule has 0 spiro atoms. The molecule has 0 amide bonds. The zero-order valence-corrected chi connectivity index (χ0v) is 8.06. The van der Waals surface area contributed by atoms with Crippen LogP contribution in [0.2, 0.25) is 0 Å². The summed E-state index contributed by atoms with van der Waals surface area (Å²) in [6, 6.07) is 0. The Hall–Kier alpha value is -0.910. The Balaban J connectivity index is 2.31. The average molecular weight is 202 g/mol. The van der Waals surface area contributed by atoms with Gasteiger partial charge in [0.25, 0.3) is 0 Å². The summed E-state index contributed by atoms with van der Waals surface area (Å²) < 4.78 is 5.37. The van der Waals surface area contributed by atoms with E-state index in [9.17, 15) is 4.79 Å². The SMILES string of the molecule is C/C(=C\CC1CCCO1)C(=O)OOO. The second-order valence-corrected chi connectivity index (χ2v) is 3.20. The Morgan fingerprint density at radius 3 is 3.07 bits per heavy atom. The standard InChI is InChI=1S/C9H14O5/c1-7(9(10)13-14-11)4-5-8-3-2-6-12-8/h4,8,11H,2-3,5-6H2,1H3/b7-4+. The summed E-state index contributed by atoms with van der Waals surface area (Å²) in [5, 5.41) is 11.1. The highest BCUT2D eigenvalue weighted by molar-refractivity contribution is 5.87. The molecule has 1 rings (SSSR count). The maximum absolute atomic E-state index is 10.9. The van der Waals surface area contributed by atoms with E-state index < -0.39 is 5.97 Å². The summed E-state index contributed by atoms with van der Waals surface area (Å²) in [5.41, 5.74) is 0.398. The number of carbonyl (C=O) groups excluding carboxylic acids is 1. The first-order valence-corrected chi connectivity index (χ1v) is 4.55. The molecule has 5 heteroatoms. The van der Waals surface area contributed by atoms with Crippen LogP contribution in [0.15, 0.2) is 11.6 Å². The third kappa shape index (κ3) is 3.45. The van der Waals surface area contributed by atoms with E-state index in [4.69, 9.17) is 9.99 Å². The van der Waals surface area contributed by atoms with Crippen LogP contribution in [0.3, 0.4) is 0 Å². The van der Waals surface area contributed by atoms with Crippen LogP contribution in [0.4, 0.5) is 0 Å². The maximum Gasteiger partial charge on any atom is 0.371 e. The lowest BCUT2D eigenvalue weighted by Crippen LogP contribution is -2.07.